The van der Waals surface area contributed by atoms with E-state index < -0.39 is 5.54 Å². The Kier molecular flexibility index (Phi) is 3.67. The van der Waals surface area contributed by atoms with E-state index in [-0.39, 0.29) is 18.1 Å². The topological polar surface area (TPSA) is 67.2 Å². The maximum Gasteiger partial charge on any atom is 0.254 e. The summed E-state index contributed by atoms with van der Waals surface area (Å²) in [6, 6.07) is 0. The van der Waals surface area contributed by atoms with Gasteiger partial charge in [0.2, 0.25) is 0 Å². The summed E-state index contributed by atoms with van der Waals surface area (Å²) in [7, 11) is 0. The predicted octanol–water partition coefficient (Wildman–Crippen LogP) is 1.67. The van der Waals surface area contributed by atoms with E-state index >= 15 is 0 Å². The third-order valence-corrected chi connectivity index (χ3v) is 3.77. The lowest BCUT2D eigenvalue weighted by Crippen LogP contribution is -2.49. The number of aliphatic hydroxyl groups is 1. The van der Waals surface area contributed by atoms with Crippen molar-refractivity contribution in [1.82, 2.24) is 15.1 Å². The highest BCUT2D eigenvalue weighted by atomic mass is 16.3. The lowest BCUT2D eigenvalue weighted by molar-refractivity contribution is 0.0838. The summed E-state index contributed by atoms with van der Waals surface area (Å²) in [4.78, 5) is 12.2. The van der Waals surface area contributed by atoms with Gasteiger partial charge in [0.1, 0.15) is 0 Å². The van der Waals surface area contributed by atoms with E-state index in [1.54, 1.807) is 17.1 Å². The van der Waals surface area contributed by atoms with E-state index in [1.165, 1.54) is 0 Å². The highest BCUT2D eigenvalue weighted by Crippen LogP contribution is 2.29. The van der Waals surface area contributed by atoms with Crippen LogP contribution in [0.25, 0.3) is 0 Å². The molecule has 5 nitrogen and oxygen atoms in total. The Labute approximate surface area is 114 Å². The highest BCUT2D eigenvalue weighted by Gasteiger charge is 2.35. The lowest BCUT2D eigenvalue weighted by atomic mass is 9.98. The quantitative estimate of drug-likeness (QED) is 0.873. The molecule has 1 aliphatic carbocycles. The molecule has 0 radical (unpaired) electrons. The number of nitrogens with one attached hydrogen (secondary N) is 1. The van der Waals surface area contributed by atoms with Crippen molar-refractivity contribution in [2.45, 2.75) is 57.5 Å². The van der Waals surface area contributed by atoms with Crippen molar-refractivity contribution in [1.29, 1.82) is 0 Å². The molecule has 1 fully saturated rings. The number of rotatable bonds is 3. The van der Waals surface area contributed by atoms with Gasteiger partial charge in [-0.2, -0.15) is 5.10 Å². The molecule has 0 aliphatic heterocycles. The number of aromatic nitrogens is 2. The van der Waals surface area contributed by atoms with Crippen LogP contribution in [0.1, 0.15) is 56.8 Å². The predicted molar refractivity (Wildman–Crippen MR) is 73.0 cm³/mol. The molecule has 0 saturated heterocycles. The Bertz CT molecular complexity index is 454. The molecular weight excluding hydrogens is 242 g/mol. The van der Waals surface area contributed by atoms with Gasteiger partial charge in [0, 0.05) is 6.20 Å². The molecule has 0 unspecified atom stereocenters. The van der Waals surface area contributed by atoms with Crippen LogP contribution in [0.4, 0.5) is 0 Å². The summed E-state index contributed by atoms with van der Waals surface area (Å²) < 4.78 is 1.78. The third kappa shape index (κ3) is 2.97. The zero-order chi connectivity index (χ0) is 14.1. The van der Waals surface area contributed by atoms with E-state index in [2.05, 4.69) is 10.4 Å². The maximum atomic E-state index is 12.2. The number of amides is 1. The number of nitrogens with zero attached hydrogens (tertiary/aromatic N) is 2. The van der Waals surface area contributed by atoms with Gasteiger partial charge in [0.25, 0.3) is 5.91 Å². The van der Waals surface area contributed by atoms with E-state index in [0.29, 0.717) is 5.56 Å². The average molecular weight is 265 g/mol. The first kappa shape index (κ1) is 14.1. The summed E-state index contributed by atoms with van der Waals surface area (Å²) in [6.07, 6.45) is 7.16. The molecule has 0 aromatic carbocycles. The molecule has 0 bridgehead atoms. The van der Waals surface area contributed by atoms with Gasteiger partial charge in [0.05, 0.1) is 29.4 Å². The zero-order valence-corrected chi connectivity index (χ0v) is 11.9. The van der Waals surface area contributed by atoms with Crippen LogP contribution in [0, 0.1) is 0 Å². The molecule has 1 aliphatic rings. The Balaban J connectivity index is 2.10. The minimum absolute atomic E-state index is 0.00610. The lowest BCUT2D eigenvalue weighted by Gasteiger charge is -2.27. The fourth-order valence-electron chi connectivity index (χ4n) is 2.49. The van der Waals surface area contributed by atoms with Crippen molar-refractivity contribution in [3.63, 3.8) is 0 Å². The standard InChI is InChI=1S/C14H23N3O2/c1-13(2,3)17-9-11(8-15-17)12(19)16-14(10-18)6-4-5-7-14/h8-9,18H,4-7,10H2,1-3H3,(H,16,19). The Morgan fingerprint density at radius 2 is 2.11 bits per heavy atom. The highest BCUT2D eigenvalue weighted by molar-refractivity contribution is 5.94. The van der Waals surface area contributed by atoms with Crippen molar-refractivity contribution in [3.05, 3.63) is 18.0 Å². The van der Waals surface area contributed by atoms with Crippen LogP contribution in [-0.4, -0.2) is 32.9 Å². The zero-order valence-electron chi connectivity index (χ0n) is 11.9. The monoisotopic (exact) mass is 265 g/mol. The third-order valence-electron chi connectivity index (χ3n) is 3.77. The molecule has 1 aromatic rings. The SMILES string of the molecule is CC(C)(C)n1cc(C(=O)NC2(CO)CCCC2)cn1. The second-order valence-corrected chi connectivity index (χ2v) is 6.44. The maximum absolute atomic E-state index is 12.2. The molecule has 2 rings (SSSR count). The van der Waals surface area contributed by atoms with Crippen LogP contribution in [0.15, 0.2) is 12.4 Å². The fraction of sp³-hybridized carbons (Fsp3) is 0.714. The average Bonchev–Trinajstić information content (AvgIpc) is 2.97. The van der Waals surface area contributed by atoms with Gasteiger partial charge in [-0.3, -0.25) is 9.48 Å². The number of hydrogen-bond acceptors (Lipinski definition) is 3. The molecule has 106 valence electrons. The van der Waals surface area contributed by atoms with Gasteiger partial charge in [-0.25, -0.2) is 0 Å². The first-order valence-corrected chi connectivity index (χ1v) is 6.85. The summed E-state index contributed by atoms with van der Waals surface area (Å²) in [5.74, 6) is -0.147. The van der Waals surface area contributed by atoms with E-state index in [1.807, 2.05) is 20.8 Å². The molecule has 0 spiro atoms. The molecule has 1 saturated carbocycles. The molecule has 2 N–H and O–H groups in total. The fourth-order valence-corrected chi connectivity index (χ4v) is 2.49. The minimum atomic E-state index is -0.430. The van der Waals surface area contributed by atoms with E-state index in [0.717, 1.165) is 25.7 Å². The molecule has 19 heavy (non-hydrogen) atoms. The Morgan fingerprint density at radius 1 is 1.47 bits per heavy atom. The van der Waals surface area contributed by atoms with Gasteiger partial charge in [-0.15, -0.1) is 0 Å². The van der Waals surface area contributed by atoms with Crippen molar-refractivity contribution < 1.29 is 9.90 Å². The Morgan fingerprint density at radius 3 is 2.58 bits per heavy atom. The van der Waals surface area contributed by atoms with Gasteiger partial charge < -0.3 is 10.4 Å². The molecular formula is C14H23N3O2. The van der Waals surface area contributed by atoms with Crippen LogP contribution >= 0.6 is 0 Å². The number of aliphatic hydroxyl groups excluding tert-OH is 1. The summed E-state index contributed by atoms with van der Waals surface area (Å²) in [5.41, 5.74) is -0.0174. The largest absolute Gasteiger partial charge is 0.394 e. The van der Waals surface area contributed by atoms with E-state index in [4.69, 9.17) is 0 Å². The van der Waals surface area contributed by atoms with Crippen LogP contribution in [-0.2, 0) is 5.54 Å². The van der Waals surface area contributed by atoms with Crippen LogP contribution < -0.4 is 5.32 Å². The second kappa shape index (κ2) is 4.96. The molecule has 1 amide bonds. The molecule has 1 aromatic heterocycles. The van der Waals surface area contributed by atoms with Crippen LogP contribution in [0.3, 0.4) is 0 Å². The number of carbonyl (C=O) groups excluding carboxylic acids is 1. The van der Waals surface area contributed by atoms with Crippen LogP contribution in [0.5, 0.6) is 0 Å². The van der Waals surface area contributed by atoms with Crippen molar-refractivity contribution in [3.8, 4) is 0 Å². The van der Waals surface area contributed by atoms with Gasteiger partial charge in [-0.05, 0) is 33.6 Å². The molecule has 5 heteroatoms. The summed E-state index contributed by atoms with van der Waals surface area (Å²) >= 11 is 0. The van der Waals surface area contributed by atoms with Crippen molar-refractivity contribution in [2.75, 3.05) is 6.61 Å². The normalized spacial score (nSPS) is 18.5. The van der Waals surface area contributed by atoms with Gasteiger partial charge in [0.15, 0.2) is 0 Å². The second-order valence-electron chi connectivity index (χ2n) is 6.44. The van der Waals surface area contributed by atoms with E-state index in [9.17, 15) is 9.90 Å². The van der Waals surface area contributed by atoms with Gasteiger partial charge in [-0.1, -0.05) is 12.8 Å². The minimum Gasteiger partial charge on any atom is -0.394 e. The van der Waals surface area contributed by atoms with Crippen molar-refractivity contribution >= 4 is 5.91 Å². The van der Waals surface area contributed by atoms with Crippen molar-refractivity contribution in [2.24, 2.45) is 0 Å². The van der Waals surface area contributed by atoms with Gasteiger partial charge >= 0.3 is 0 Å². The van der Waals surface area contributed by atoms with Crippen LogP contribution in [0.2, 0.25) is 0 Å². The smallest absolute Gasteiger partial charge is 0.254 e. The first-order valence-electron chi connectivity index (χ1n) is 6.85. The summed E-state index contributed by atoms with van der Waals surface area (Å²) in [5, 5.41) is 16.7. The Hall–Kier alpha value is -1.36. The first-order chi connectivity index (χ1) is 8.86. The molecule has 0 atom stereocenters. The summed E-state index contributed by atoms with van der Waals surface area (Å²) in [6.45, 7) is 6.11. The number of hydrogen-bond donors (Lipinski definition) is 2. The number of carbonyl (C=O) groups is 1. The molecule has 1 heterocycles.